The van der Waals surface area contributed by atoms with Crippen molar-refractivity contribution in [2.45, 2.75) is 26.5 Å². The van der Waals surface area contributed by atoms with Gasteiger partial charge in [0, 0.05) is 18.0 Å². The summed E-state index contributed by atoms with van der Waals surface area (Å²) in [5, 5.41) is 9.22. The quantitative estimate of drug-likeness (QED) is 0.317. The number of nitrogens with one attached hydrogen (secondary N) is 1. The first kappa shape index (κ1) is 22.3. The van der Waals surface area contributed by atoms with Gasteiger partial charge in [-0.1, -0.05) is 49.3 Å². The molecule has 1 atom stereocenters. The van der Waals surface area contributed by atoms with Crippen LogP contribution in [0.25, 0.3) is 22.2 Å². The van der Waals surface area contributed by atoms with E-state index in [0.717, 1.165) is 22.1 Å². The van der Waals surface area contributed by atoms with Gasteiger partial charge in [0.2, 0.25) is 11.7 Å². The zero-order valence-electron chi connectivity index (χ0n) is 19.3. The van der Waals surface area contributed by atoms with Gasteiger partial charge in [0.05, 0.1) is 0 Å². The number of aromatic nitrogens is 3. The molecule has 5 rings (SSSR count). The summed E-state index contributed by atoms with van der Waals surface area (Å²) in [7, 11) is 0. The van der Waals surface area contributed by atoms with E-state index >= 15 is 0 Å². The standard InChI is InChI=1S/C27H24N4O4/c1-17(2)24(27-30-25(31-35-27)19-11-13-28-14-12-19)29-26(32)23-10-9-22(34-23)16-33-21-8-7-18-5-3-4-6-20(18)15-21/h3-15,17,24H,16H2,1-2H3,(H,29,32). The lowest BCUT2D eigenvalue weighted by Gasteiger charge is -2.17. The van der Waals surface area contributed by atoms with Gasteiger partial charge >= 0.3 is 0 Å². The fourth-order valence-corrected chi connectivity index (χ4v) is 3.69. The number of hydrogen-bond donors (Lipinski definition) is 1. The van der Waals surface area contributed by atoms with Gasteiger partial charge in [-0.05, 0) is 53.1 Å². The van der Waals surface area contributed by atoms with Crippen molar-refractivity contribution in [1.29, 1.82) is 0 Å². The van der Waals surface area contributed by atoms with Crippen molar-refractivity contribution in [3.8, 4) is 17.1 Å². The van der Waals surface area contributed by atoms with Crippen LogP contribution in [0.2, 0.25) is 0 Å². The smallest absolute Gasteiger partial charge is 0.287 e. The Morgan fingerprint density at radius 1 is 1.00 bits per heavy atom. The molecule has 1 unspecified atom stereocenters. The van der Waals surface area contributed by atoms with Crippen LogP contribution in [-0.4, -0.2) is 21.0 Å². The highest BCUT2D eigenvalue weighted by Gasteiger charge is 2.26. The fourth-order valence-electron chi connectivity index (χ4n) is 3.69. The van der Waals surface area contributed by atoms with Gasteiger partial charge in [-0.25, -0.2) is 0 Å². The number of pyridine rings is 1. The van der Waals surface area contributed by atoms with Crippen molar-refractivity contribution >= 4 is 16.7 Å². The molecule has 0 radical (unpaired) electrons. The minimum atomic E-state index is -0.479. The Bertz CT molecular complexity index is 1440. The molecule has 176 valence electrons. The second-order valence-electron chi connectivity index (χ2n) is 8.45. The lowest BCUT2D eigenvalue weighted by Crippen LogP contribution is -2.31. The summed E-state index contributed by atoms with van der Waals surface area (Å²) in [6.07, 6.45) is 3.32. The van der Waals surface area contributed by atoms with E-state index in [1.165, 1.54) is 0 Å². The fraction of sp³-hybridized carbons (Fsp3) is 0.185. The van der Waals surface area contributed by atoms with Crippen molar-refractivity contribution in [2.75, 3.05) is 0 Å². The van der Waals surface area contributed by atoms with Crippen molar-refractivity contribution in [1.82, 2.24) is 20.4 Å². The van der Waals surface area contributed by atoms with Crippen LogP contribution in [0, 0.1) is 5.92 Å². The van der Waals surface area contributed by atoms with Gasteiger partial charge in [0.15, 0.2) is 5.76 Å². The lowest BCUT2D eigenvalue weighted by molar-refractivity contribution is 0.0881. The molecule has 3 aromatic heterocycles. The highest BCUT2D eigenvalue weighted by Crippen LogP contribution is 2.25. The minimum absolute atomic E-state index is 0.00959. The number of furan rings is 1. The Kier molecular flexibility index (Phi) is 6.26. The van der Waals surface area contributed by atoms with Crippen LogP contribution in [0.5, 0.6) is 5.75 Å². The summed E-state index contributed by atoms with van der Waals surface area (Å²) < 4.78 is 17.1. The Hall–Kier alpha value is -4.46. The average Bonchev–Trinajstić information content (AvgIpc) is 3.56. The number of amides is 1. The Labute approximate surface area is 201 Å². The molecule has 5 aromatic rings. The van der Waals surface area contributed by atoms with E-state index in [0.29, 0.717) is 17.5 Å². The van der Waals surface area contributed by atoms with Gasteiger partial charge in [-0.2, -0.15) is 4.98 Å². The number of fused-ring (bicyclic) bond motifs is 1. The summed E-state index contributed by atoms with van der Waals surface area (Å²) in [5.41, 5.74) is 0.783. The van der Waals surface area contributed by atoms with E-state index in [2.05, 4.69) is 26.5 Å². The first-order valence-electron chi connectivity index (χ1n) is 11.3. The predicted octanol–water partition coefficient (Wildman–Crippen LogP) is 5.58. The molecule has 0 saturated carbocycles. The molecule has 0 fully saturated rings. The zero-order chi connectivity index (χ0) is 24.2. The summed E-state index contributed by atoms with van der Waals surface area (Å²) >= 11 is 0. The highest BCUT2D eigenvalue weighted by atomic mass is 16.5. The largest absolute Gasteiger partial charge is 0.486 e. The second-order valence-corrected chi connectivity index (χ2v) is 8.45. The Morgan fingerprint density at radius 2 is 1.80 bits per heavy atom. The normalized spacial score (nSPS) is 12.1. The molecular weight excluding hydrogens is 444 g/mol. The summed E-state index contributed by atoms with van der Waals surface area (Å²) in [4.78, 5) is 21.4. The van der Waals surface area contributed by atoms with Crippen LogP contribution in [0.15, 0.2) is 88.1 Å². The molecule has 0 saturated heterocycles. The molecule has 35 heavy (non-hydrogen) atoms. The number of rotatable bonds is 8. The molecule has 0 aliphatic carbocycles. The third kappa shape index (κ3) is 5.06. The Balaban J connectivity index is 1.24. The molecule has 8 nitrogen and oxygen atoms in total. The second kappa shape index (κ2) is 9.80. The van der Waals surface area contributed by atoms with E-state index in [1.54, 1.807) is 36.7 Å². The van der Waals surface area contributed by atoms with Crippen LogP contribution < -0.4 is 10.1 Å². The SMILES string of the molecule is CC(C)C(NC(=O)c1ccc(COc2ccc3ccccc3c2)o1)c1nc(-c2ccncc2)no1. The number of carbonyl (C=O) groups excluding carboxylic acids is 1. The van der Waals surface area contributed by atoms with Gasteiger partial charge in [-0.15, -0.1) is 0 Å². The third-order valence-corrected chi connectivity index (χ3v) is 5.59. The number of carbonyl (C=O) groups is 1. The van der Waals surface area contributed by atoms with Gasteiger partial charge < -0.3 is 19.0 Å². The van der Waals surface area contributed by atoms with Crippen LogP contribution in [0.4, 0.5) is 0 Å². The maximum absolute atomic E-state index is 12.9. The summed E-state index contributed by atoms with van der Waals surface area (Å²) in [5.74, 6) is 1.86. The predicted molar refractivity (Wildman–Crippen MR) is 130 cm³/mol. The maximum atomic E-state index is 12.9. The molecule has 0 bridgehead atoms. The molecule has 1 N–H and O–H groups in total. The molecule has 1 amide bonds. The lowest BCUT2D eigenvalue weighted by atomic mass is 10.0. The maximum Gasteiger partial charge on any atom is 0.287 e. The first-order chi connectivity index (χ1) is 17.1. The minimum Gasteiger partial charge on any atom is -0.486 e. The van der Waals surface area contributed by atoms with E-state index < -0.39 is 6.04 Å². The Morgan fingerprint density at radius 3 is 2.60 bits per heavy atom. The highest BCUT2D eigenvalue weighted by molar-refractivity contribution is 5.91. The molecule has 2 aromatic carbocycles. The molecule has 0 aliphatic heterocycles. The number of benzene rings is 2. The zero-order valence-corrected chi connectivity index (χ0v) is 19.3. The van der Waals surface area contributed by atoms with E-state index in [1.807, 2.05) is 50.2 Å². The van der Waals surface area contributed by atoms with Crippen LogP contribution >= 0.6 is 0 Å². The van der Waals surface area contributed by atoms with E-state index in [-0.39, 0.29) is 24.2 Å². The third-order valence-electron chi connectivity index (χ3n) is 5.59. The molecule has 8 heteroatoms. The van der Waals surface area contributed by atoms with Crippen LogP contribution in [0.1, 0.15) is 42.1 Å². The van der Waals surface area contributed by atoms with Crippen molar-refractivity contribution in [3.63, 3.8) is 0 Å². The van der Waals surface area contributed by atoms with Gasteiger partial charge in [0.25, 0.3) is 5.91 Å². The molecular formula is C27H24N4O4. The summed E-state index contributed by atoms with van der Waals surface area (Å²) in [6.45, 7) is 4.14. The average molecular weight is 469 g/mol. The van der Waals surface area contributed by atoms with E-state index in [9.17, 15) is 4.79 Å². The van der Waals surface area contributed by atoms with Crippen LogP contribution in [0.3, 0.4) is 0 Å². The van der Waals surface area contributed by atoms with E-state index in [4.69, 9.17) is 13.7 Å². The number of hydrogen-bond acceptors (Lipinski definition) is 7. The van der Waals surface area contributed by atoms with Crippen LogP contribution in [-0.2, 0) is 6.61 Å². The molecule has 0 spiro atoms. The monoisotopic (exact) mass is 468 g/mol. The summed E-state index contributed by atoms with van der Waals surface area (Å²) in [6, 6.07) is 20.4. The van der Waals surface area contributed by atoms with Crippen molar-refractivity contribution in [2.24, 2.45) is 5.92 Å². The topological polar surface area (TPSA) is 103 Å². The van der Waals surface area contributed by atoms with Gasteiger partial charge in [-0.3, -0.25) is 9.78 Å². The van der Waals surface area contributed by atoms with Crippen molar-refractivity contribution < 1.29 is 18.5 Å². The molecule has 3 heterocycles. The number of nitrogens with zero attached hydrogens (tertiary/aromatic N) is 3. The van der Waals surface area contributed by atoms with Gasteiger partial charge in [0.1, 0.15) is 24.2 Å². The first-order valence-corrected chi connectivity index (χ1v) is 11.3. The number of ether oxygens (including phenoxy) is 1. The van der Waals surface area contributed by atoms with Crippen molar-refractivity contribution in [3.05, 3.63) is 96.5 Å². The molecule has 0 aliphatic rings.